The maximum Gasteiger partial charge on any atom is 0.305 e. The smallest absolute Gasteiger partial charge is 0.305 e. The first-order valence-electron chi connectivity index (χ1n) is 34.7. The molecule has 0 aromatic carbocycles. The number of rotatable bonds is 65. The summed E-state index contributed by atoms with van der Waals surface area (Å²) in [6.07, 6.45) is 84.7. The third-order valence-electron chi connectivity index (χ3n) is 16.2. The SMILES string of the molecule is CCCC/C=C\C/C=C\CCCCCCCC(=O)OCCCCCCCCCCCCCC/C=C\CCCCCCCCCCCCCCCCC(=O)NC(CO)C(O)CCCCCCCCCCCCCCCCCC. The number of carbonyl (C=O) groups is 2. The highest BCUT2D eigenvalue weighted by Crippen LogP contribution is 2.18. The van der Waals surface area contributed by atoms with Crippen molar-refractivity contribution in [3.8, 4) is 0 Å². The van der Waals surface area contributed by atoms with Crippen molar-refractivity contribution >= 4 is 11.9 Å². The minimum Gasteiger partial charge on any atom is -0.466 e. The monoisotopic (exact) mass is 1080 g/mol. The summed E-state index contributed by atoms with van der Waals surface area (Å²) in [6, 6.07) is -0.540. The highest BCUT2D eigenvalue weighted by molar-refractivity contribution is 5.76. The molecule has 0 spiro atoms. The van der Waals surface area contributed by atoms with Gasteiger partial charge in [-0.3, -0.25) is 9.59 Å². The summed E-state index contributed by atoms with van der Waals surface area (Å²) < 4.78 is 5.48. The minimum absolute atomic E-state index is 0.00271. The van der Waals surface area contributed by atoms with Crippen molar-refractivity contribution in [2.24, 2.45) is 0 Å². The van der Waals surface area contributed by atoms with Crippen LogP contribution in [0.15, 0.2) is 36.5 Å². The summed E-state index contributed by atoms with van der Waals surface area (Å²) in [5.74, 6) is -0.0281. The van der Waals surface area contributed by atoms with Gasteiger partial charge in [-0.05, 0) is 77.0 Å². The van der Waals surface area contributed by atoms with Gasteiger partial charge >= 0.3 is 5.97 Å². The first-order chi connectivity index (χ1) is 38.0. The molecule has 0 aromatic heterocycles. The van der Waals surface area contributed by atoms with E-state index >= 15 is 0 Å². The predicted octanol–water partition coefficient (Wildman–Crippen LogP) is 22.3. The molecule has 0 aliphatic heterocycles. The average Bonchev–Trinajstić information content (AvgIpc) is 3.43. The molecule has 0 heterocycles. The van der Waals surface area contributed by atoms with E-state index in [9.17, 15) is 19.8 Å². The molecule has 2 atom stereocenters. The van der Waals surface area contributed by atoms with Crippen molar-refractivity contribution in [2.45, 2.75) is 392 Å². The lowest BCUT2D eigenvalue weighted by Crippen LogP contribution is -2.45. The van der Waals surface area contributed by atoms with Crippen molar-refractivity contribution in [1.82, 2.24) is 5.32 Å². The number of aliphatic hydroxyl groups is 2. The number of hydrogen-bond acceptors (Lipinski definition) is 5. The molecule has 454 valence electrons. The molecule has 1 amide bonds. The number of hydrogen-bond donors (Lipinski definition) is 3. The molecule has 0 aromatic rings. The minimum atomic E-state index is -0.663. The highest BCUT2D eigenvalue weighted by atomic mass is 16.5. The molecule has 0 rings (SSSR count). The van der Waals surface area contributed by atoms with Crippen LogP contribution < -0.4 is 5.32 Å². The molecule has 77 heavy (non-hydrogen) atoms. The Labute approximate surface area is 481 Å². The number of amides is 1. The molecule has 0 aliphatic carbocycles. The second-order valence-electron chi connectivity index (χ2n) is 23.9. The van der Waals surface area contributed by atoms with Gasteiger partial charge in [-0.25, -0.2) is 0 Å². The molecule has 3 N–H and O–H groups in total. The zero-order chi connectivity index (χ0) is 55.7. The van der Waals surface area contributed by atoms with E-state index in [1.54, 1.807) is 0 Å². The first kappa shape index (κ1) is 75.1. The Morgan fingerprint density at radius 3 is 1.04 bits per heavy atom. The van der Waals surface area contributed by atoms with Gasteiger partial charge in [0.05, 0.1) is 25.4 Å². The summed E-state index contributed by atoms with van der Waals surface area (Å²) in [4.78, 5) is 24.6. The van der Waals surface area contributed by atoms with E-state index in [1.807, 2.05) is 0 Å². The summed E-state index contributed by atoms with van der Waals surface area (Å²) in [5, 5.41) is 23.3. The van der Waals surface area contributed by atoms with Gasteiger partial charge in [-0.2, -0.15) is 0 Å². The maximum atomic E-state index is 12.5. The van der Waals surface area contributed by atoms with Crippen molar-refractivity contribution in [2.75, 3.05) is 13.2 Å². The molecule has 2 unspecified atom stereocenters. The Balaban J connectivity index is 3.37. The van der Waals surface area contributed by atoms with Gasteiger partial charge in [0.15, 0.2) is 0 Å². The molecule has 0 aliphatic rings. The number of carbonyl (C=O) groups excluding carboxylic acids is 2. The lowest BCUT2D eigenvalue weighted by atomic mass is 10.0. The second-order valence-corrected chi connectivity index (χ2v) is 23.9. The van der Waals surface area contributed by atoms with E-state index in [-0.39, 0.29) is 18.5 Å². The molecule has 0 saturated carbocycles. The van der Waals surface area contributed by atoms with E-state index in [0.717, 1.165) is 51.4 Å². The lowest BCUT2D eigenvalue weighted by molar-refractivity contribution is -0.143. The second kappa shape index (κ2) is 66.6. The normalized spacial score (nSPS) is 12.7. The van der Waals surface area contributed by atoms with Crippen LogP contribution in [-0.2, 0) is 14.3 Å². The molecular formula is C71H135NO5. The first-order valence-corrected chi connectivity index (χ1v) is 34.7. The van der Waals surface area contributed by atoms with E-state index in [0.29, 0.717) is 25.9 Å². The van der Waals surface area contributed by atoms with Gasteiger partial charge in [0.2, 0.25) is 5.91 Å². The third kappa shape index (κ3) is 63.1. The van der Waals surface area contributed by atoms with Crippen LogP contribution in [0.1, 0.15) is 380 Å². The van der Waals surface area contributed by atoms with Crippen molar-refractivity contribution in [3.63, 3.8) is 0 Å². The van der Waals surface area contributed by atoms with Crippen LogP contribution in [-0.4, -0.2) is 47.4 Å². The van der Waals surface area contributed by atoms with Crippen molar-refractivity contribution in [3.05, 3.63) is 36.5 Å². The third-order valence-corrected chi connectivity index (χ3v) is 16.2. The Morgan fingerprint density at radius 2 is 0.662 bits per heavy atom. The number of ether oxygens (including phenoxy) is 1. The van der Waals surface area contributed by atoms with Gasteiger partial charge in [-0.1, -0.05) is 326 Å². The van der Waals surface area contributed by atoms with E-state index in [4.69, 9.17) is 4.74 Å². The number of aliphatic hydroxyl groups excluding tert-OH is 2. The van der Waals surface area contributed by atoms with Crippen LogP contribution in [0.5, 0.6) is 0 Å². The lowest BCUT2D eigenvalue weighted by Gasteiger charge is -2.22. The van der Waals surface area contributed by atoms with Crippen LogP contribution in [0.3, 0.4) is 0 Å². The van der Waals surface area contributed by atoms with Crippen LogP contribution >= 0.6 is 0 Å². The van der Waals surface area contributed by atoms with Crippen LogP contribution in [0.2, 0.25) is 0 Å². The summed E-state index contributed by atoms with van der Waals surface area (Å²) >= 11 is 0. The molecule has 6 heteroatoms. The number of nitrogens with one attached hydrogen (secondary N) is 1. The van der Waals surface area contributed by atoms with E-state index in [1.165, 1.54) is 295 Å². The number of allylic oxidation sites excluding steroid dienone is 6. The van der Waals surface area contributed by atoms with E-state index < -0.39 is 12.1 Å². The summed E-state index contributed by atoms with van der Waals surface area (Å²) in [5.41, 5.74) is 0. The van der Waals surface area contributed by atoms with Gasteiger partial charge in [0.1, 0.15) is 0 Å². The van der Waals surface area contributed by atoms with E-state index in [2.05, 4.69) is 55.6 Å². The standard InChI is InChI=1S/C71H135NO5/c1-3-5-7-9-11-13-15-17-19-36-39-43-47-51-55-59-63-69(74)68(67-73)72-70(75)64-60-56-52-48-44-40-37-34-32-30-28-26-24-22-20-21-23-25-27-29-31-33-35-38-42-46-50-54-58-62-66-77-71(76)65-61-57-53-49-45-41-18-16-14-12-10-8-6-4-2/h10,12,16,18,21,23,68-69,73-74H,3-9,11,13-15,17,19-20,22,24-67H2,1-2H3,(H,72,75)/b12-10-,18-16-,23-21-. The van der Waals surface area contributed by atoms with Crippen LogP contribution in [0.4, 0.5) is 0 Å². The average molecular weight is 1080 g/mol. The summed E-state index contributed by atoms with van der Waals surface area (Å²) in [6.45, 7) is 4.93. The molecule has 0 bridgehead atoms. The summed E-state index contributed by atoms with van der Waals surface area (Å²) in [7, 11) is 0. The number of unbranched alkanes of at least 4 members (excludes halogenated alkanes) is 48. The fraction of sp³-hybridized carbons (Fsp3) is 0.887. The molecule has 0 saturated heterocycles. The zero-order valence-electron chi connectivity index (χ0n) is 52.0. The predicted molar refractivity (Wildman–Crippen MR) is 338 cm³/mol. The van der Waals surface area contributed by atoms with Gasteiger partial charge < -0.3 is 20.3 Å². The zero-order valence-corrected chi connectivity index (χ0v) is 52.0. The van der Waals surface area contributed by atoms with Crippen LogP contribution in [0.25, 0.3) is 0 Å². The maximum absolute atomic E-state index is 12.5. The Hall–Kier alpha value is -1.92. The quantitative estimate of drug-likeness (QED) is 0.0320. The Bertz CT molecular complexity index is 1250. The largest absolute Gasteiger partial charge is 0.466 e. The Kier molecular flexibility index (Phi) is 64.9. The van der Waals surface area contributed by atoms with Gasteiger partial charge in [0.25, 0.3) is 0 Å². The highest BCUT2D eigenvalue weighted by Gasteiger charge is 2.20. The molecule has 0 radical (unpaired) electrons. The number of esters is 1. The van der Waals surface area contributed by atoms with Crippen molar-refractivity contribution < 1.29 is 24.5 Å². The topological polar surface area (TPSA) is 95.9 Å². The fourth-order valence-corrected chi connectivity index (χ4v) is 10.8. The van der Waals surface area contributed by atoms with Crippen LogP contribution in [0, 0.1) is 0 Å². The molecule has 6 nitrogen and oxygen atoms in total. The fourth-order valence-electron chi connectivity index (χ4n) is 10.8. The molecular weight excluding hydrogens is 947 g/mol. The molecule has 0 fully saturated rings. The van der Waals surface area contributed by atoms with Gasteiger partial charge in [-0.15, -0.1) is 0 Å². The Morgan fingerprint density at radius 1 is 0.364 bits per heavy atom. The van der Waals surface area contributed by atoms with Crippen molar-refractivity contribution in [1.29, 1.82) is 0 Å². The van der Waals surface area contributed by atoms with Gasteiger partial charge in [0, 0.05) is 12.8 Å².